The third-order valence-electron chi connectivity index (χ3n) is 8.22. The van der Waals surface area contributed by atoms with Gasteiger partial charge in [0.25, 0.3) is 0 Å². The molecule has 198 valence electrons. The Morgan fingerprint density at radius 3 is 1.12 bits per heavy atom. The van der Waals surface area contributed by atoms with Crippen molar-refractivity contribution in [1.29, 1.82) is 0 Å². The van der Waals surface area contributed by atoms with E-state index in [9.17, 15) is 0 Å². The zero-order valence-electron chi connectivity index (χ0n) is 24.1. The summed E-state index contributed by atoms with van der Waals surface area (Å²) in [6.07, 6.45) is 0. The van der Waals surface area contributed by atoms with E-state index in [-0.39, 0.29) is 10.8 Å². The molecule has 2 nitrogen and oxygen atoms in total. The first kappa shape index (κ1) is 24.7. The molecule has 0 aliphatic rings. The van der Waals surface area contributed by atoms with Crippen LogP contribution < -0.4 is 0 Å². The molecule has 7 rings (SSSR count). The molecule has 0 amide bonds. The zero-order valence-corrected chi connectivity index (χ0v) is 24.1. The van der Waals surface area contributed by atoms with Gasteiger partial charge in [-0.05, 0) is 45.2 Å². The maximum absolute atomic E-state index is 6.76. The second-order valence-electron chi connectivity index (χ2n) is 13.0. The molecule has 5 aromatic carbocycles. The first-order valence-corrected chi connectivity index (χ1v) is 14.1. The van der Waals surface area contributed by atoms with Gasteiger partial charge in [0.05, 0.1) is 0 Å². The van der Waals surface area contributed by atoms with Crippen LogP contribution in [0.1, 0.15) is 52.7 Å². The van der Waals surface area contributed by atoms with Gasteiger partial charge in [-0.1, -0.05) is 126 Å². The van der Waals surface area contributed by atoms with E-state index >= 15 is 0 Å². The fraction of sp³-hybridized carbons (Fsp3) is 0.211. The molecule has 0 N–H and O–H groups in total. The highest BCUT2D eigenvalue weighted by Crippen LogP contribution is 2.50. The lowest BCUT2D eigenvalue weighted by Gasteiger charge is -2.20. The summed E-state index contributed by atoms with van der Waals surface area (Å²) >= 11 is 0. The van der Waals surface area contributed by atoms with Crippen LogP contribution in [0.3, 0.4) is 0 Å². The summed E-state index contributed by atoms with van der Waals surface area (Å²) in [6, 6.07) is 34.6. The third kappa shape index (κ3) is 3.78. The number of hydrogen-bond acceptors (Lipinski definition) is 2. The maximum atomic E-state index is 6.76. The Morgan fingerprint density at radius 1 is 0.425 bits per heavy atom. The van der Waals surface area contributed by atoms with Crippen LogP contribution in [0.15, 0.2) is 106 Å². The minimum absolute atomic E-state index is 0.0773. The molecule has 0 spiro atoms. The van der Waals surface area contributed by atoms with E-state index in [1.807, 2.05) is 12.1 Å². The van der Waals surface area contributed by atoms with Crippen molar-refractivity contribution in [3.05, 3.63) is 108 Å². The lowest BCUT2D eigenvalue weighted by Crippen LogP contribution is -2.10. The molecule has 0 radical (unpaired) electrons. The number of furan rings is 2. The van der Waals surface area contributed by atoms with Crippen LogP contribution in [-0.2, 0) is 10.8 Å². The number of fused-ring (bicyclic) bond motifs is 6. The Bertz CT molecular complexity index is 1880. The predicted molar refractivity (Wildman–Crippen MR) is 169 cm³/mol. The van der Waals surface area contributed by atoms with Gasteiger partial charge in [-0.3, -0.25) is 0 Å². The molecule has 2 heterocycles. The topological polar surface area (TPSA) is 26.3 Å². The number of para-hydroxylation sites is 2. The number of benzene rings is 5. The van der Waals surface area contributed by atoms with Crippen molar-refractivity contribution >= 4 is 43.9 Å². The lowest BCUT2D eigenvalue weighted by atomic mass is 9.84. The van der Waals surface area contributed by atoms with Gasteiger partial charge < -0.3 is 8.83 Å². The standard InChI is InChI=1S/C38H34O2/c1-37(2,3)25-19-15-23(16-20-25)31-33-27-11-7-9-13-29(27)40-36(33)32(24-17-21-26(22-18-24)38(4,5)6)34-28-12-8-10-14-30(28)39-35(31)34/h7-22H,1-6H3. The fourth-order valence-corrected chi connectivity index (χ4v) is 5.99. The second kappa shape index (κ2) is 8.60. The molecule has 0 unspecified atom stereocenters. The SMILES string of the molecule is CC(C)(C)c1ccc(-c2c3oc4ccccc4c3c(-c3ccc(C(C)(C)C)cc3)c3oc4ccccc4c23)cc1. The van der Waals surface area contributed by atoms with Crippen molar-refractivity contribution in [1.82, 2.24) is 0 Å². The van der Waals surface area contributed by atoms with Crippen LogP contribution in [0.2, 0.25) is 0 Å². The van der Waals surface area contributed by atoms with Gasteiger partial charge in [-0.15, -0.1) is 0 Å². The smallest absolute Gasteiger partial charge is 0.144 e. The Labute approximate surface area is 235 Å². The average molecular weight is 523 g/mol. The average Bonchev–Trinajstić information content (AvgIpc) is 3.50. The maximum Gasteiger partial charge on any atom is 0.144 e. The molecule has 0 saturated carbocycles. The van der Waals surface area contributed by atoms with E-state index in [0.29, 0.717) is 0 Å². The van der Waals surface area contributed by atoms with Gasteiger partial charge in [-0.25, -0.2) is 0 Å². The van der Waals surface area contributed by atoms with Gasteiger partial charge in [0, 0.05) is 32.7 Å². The first-order valence-electron chi connectivity index (χ1n) is 14.1. The summed E-state index contributed by atoms with van der Waals surface area (Å²) in [7, 11) is 0. The second-order valence-corrected chi connectivity index (χ2v) is 13.0. The molecule has 0 aliphatic carbocycles. The van der Waals surface area contributed by atoms with Gasteiger partial charge in [-0.2, -0.15) is 0 Å². The summed E-state index contributed by atoms with van der Waals surface area (Å²) < 4.78 is 13.5. The summed E-state index contributed by atoms with van der Waals surface area (Å²) in [5.41, 5.74) is 10.8. The van der Waals surface area contributed by atoms with Crippen LogP contribution in [0.5, 0.6) is 0 Å². The highest BCUT2D eigenvalue weighted by molar-refractivity contribution is 6.30. The minimum atomic E-state index is 0.0773. The molecule has 0 fully saturated rings. The normalized spacial score (nSPS) is 12.8. The van der Waals surface area contributed by atoms with Gasteiger partial charge in [0.1, 0.15) is 22.3 Å². The van der Waals surface area contributed by atoms with Crippen molar-refractivity contribution in [2.75, 3.05) is 0 Å². The quantitative estimate of drug-likeness (QED) is 0.226. The van der Waals surface area contributed by atoms with Crippen molar-refractivity contribution < 1.29 is 8.83 Å². The van der Waals surface area contributed by atoms with Crippen molar-refractivity contribution in [2.45, 2.75) is 52.4 Å². The first-order chi connectivity index (χ1) is 19.1. The highest BCUT2D eigenvalue weighted by atomic mass is 16.3. The molecule has 0 saturated heterocycles. The summed E-state index contributed by atoms with van der Waals surface area (Å²) in [4.78, 5) is 0. The Kier molecular flexibility index (Phi) is 5.31. The van der Waals surface area contributed by atoms with Crippen LogP contribution in [0, 0.1) is 0 Å². The van der Waals surface area contributed by atoms with Crippen molar-refractivity contribution in [3.8, 4) is 22.3 Å². The molecular formula is C38H34O2. The summed E-state index contributed by atoms with van der Waals surface area (Å²) in [5.74, 6) is 0. The molecule has 7 aromatic rings. The Balaban J connectivity index is 1.66. The molecule has 0 aliphatic heterocycles. The Hall–Kier alpha value is -4.30. The van der Waals surface area contributed by atoms with E-state index < -0.39 is 0 Å². The van der Waals surface area contributed by atoms with Gasteiger partial charge in [0.2, 0.25) is 0 Å². The molecule has 2 heteroatoms. The van der Waals surface area contributed by atoms with Crippen LogP contribution in [-0.4, -0.2) is 0 Å². The third-order valence-corrected chi connectivity index (χ3v) is 8.22. The van der Waals surface area contributed by atoms with E-state index in [1.54, 1.807) is 0 Å². The highest BCUT2D eigenvalue weighted by Gasteiger charge is 2.27. The summed E-state index contributed by atoms with van der Waals surface area (Å²) in [6.45, 7) is 13.5. The fourth-order valence-electron chi connectivity index (χ4n) is 5.99. The van der Waals surface area contributed by atoms with E-state index in [0.717, 1.165) is 66.1 Å². The molecule has 0 atom stereocenters. The molecule has 40 heavy (non-hydrogen) atoms. The van der Waals surface area contributed by atoms with Crippen LogP contribution >= 0.6 is 0 Å². The number of rotatable bonds is 2. The number of hydrogen-bond donors (Lipinski definition) is 0. The predicted octanol–water partition coefficient (Wildman–Crippen LogP) is 11.4. The lowest BCUT2D eigenvalue weighted by molar-refractivity contribution is 0.590. The Morgan fingerprint density at radius 2 is 0.775 bits per heavy atom. The van der Waals surface area contributed by atoms with Crippen molar-refractivity contribution in [2.24, 2.45) is 0 Å². The van der Waals surface area contributed by atoms with Gasteiger partial charge >= 0.3 is 0 Å². The van der Waals surface area contributed by atoms with Gasteiger partial charge in [0.15, 0.2) is 0 Å². The van der Waals surface area contributed by atoms with E-state index in [4.69, 9.17) is 8.83 Å². The largest absolute Gasteiger partial charge is 0.455 e. The monoisotopic (exact) mass is 522 g/mol. The van der Waals surface area contributed by atoms with Crippen LogP contribution in [0.4, 0.5) is 0 Å². The van der Waals surface area contributed by atoms with Crippen molar-refractivity contribution in [3.63, 3.8) is 0 Å². The van der Waals surface area contributed by atoms with E-state index in [2.05, 4.69) is 126 Å². The molecule has 2 aromatic heterocycles. The zero-order chi connectivity index (χ0) is 27.8. The van der Waals surface area contributed by atoms with Crippen LogP contribution in [0.25, 0.3) is 66.1 Å². The van der Waals surface area contributed by atoms with E-state index in [1.165, 1.54) is 11.1 Å². The molecule has 0 bridgehead atoms. The summed E-state index contributed by atoms with van der Waals surface area (Å²) in [5, 5.41) is 4.39. The molecular weight excluding hydrogens is 488 g/mol. The minimum Gasteiger partial charge on any atom is -0.455 e.